The number of fused-ring (bicyclic) bond motifs is 1. The van der Waals surface area contributed by atoms with Crippen molar-refractivity contribution in [1.29, 1.82) is 0 Å². The van der Waals surface area contributed by atoms with Gasteiger partial charge in [-0.2, -0.15) is 4.98 Å². The molecule has 0 spiro atoms. The third-order valence-corrected chi connectivity index (χ3v) is 3.91. The fourth-order valence-electron chi connectivity index (χ4n) is 2.80. The average molecular weight is 302 g/mol. The van der Waals surface area contributed by atoms with E-state index in [9.17, 15) is 0 Å². The van der Waals surface area contributed by atoms with Crippen molar-refractivity contribution >= 4 is 5.82 Å². The number of ether oxygens (including phenoxy) is 1. The highest BCUT2D eigenvalue weighted by molar-refractivity contribution is 5.38. The number of aryl methyl sites for hydroxylation is 3. The molecule has 2 aromatic heterocycles. The zero-order valence-corrected chi connectivity index (χ0v) is 13.3. The van der Waals surface area contributed by atoms with Crippen molar-refractivity contribution in [1.82, 2.24) is 24.7 Å². The van der Waals surface area contributed by atoms with E-state index in [2.05, 4.69) is 30.0 Å². The standard InChI is InChI=1S/C15H22N6O/c1-4-22-15-7-13(17-10(2)18-15)16-8-12-5-6-14-20-19-11(3)21(14)9-12/h7,12H,4-6,8-9H2,1-3H3,(H,16,17,18). The first-order chi connectivity index (χ1) is 10.7. The topological polar surface area (TPSA) is 77.8 Å². The summed E-state index contributed by atoms with van der Waals surface area (Å²) in [7, 11) is 0. The molecule has 0 saturated carbocycles. The molecule has 0 amide bonds. The molecule has 1 aliphatic heterocycles. The van der Waals surface area contributed by atoms with E-state index in [0.717, 1.165) is 43.4 Å². The monoisotopic (exact) mass is 302 g/mol. The van der Waals surface area contributed by atoms with E-state index in [-0.39, 0.29) is 0 Å². The van der Waals surface area contributed by atoms with Gasteiger partial charge >= 0.3 is 0 Å². The molecule has 1 aliphatic rings. The van der Waals surface area contributed by atoms with Crippen molar-refractivity contribution < 1.29 is 4.74 Å². The van der Waals surface area contributed by atoms with Crippen LogP contribution in [0.1, 0.15) is 30.8 Å². The van der Waals surface area contributed by atoms with Crippen LogP contribution in [0.25, 0.3) is 0 Å². The summed E-state index contributed by atoms with van der Waals surface area (Å²) >= 11 is 0. The normalized spacial score (nSPS) is 17.1. The Morgan fingerprint density at radius 3 is 3.00 bits per heavy atom. The van der Waals surface area contributed by atoms with E-state index >= 15 is 0 Å². The van der Waals surface area contributed by atoms with Crippen molar-refractivity contribution in [3.05, 3.63) is 23.5 Å². The molecule has 118 valence electrons. The number of nitrogens with one attached hydrogen (secondary N) is 1. The van der Waals surface area contributed by atoms with Gasteiger partial charge in [-0.1, -0.05) is 0 Å². The lowest BCUT2D eigenvalue weighted by Crippen LogP contribution is -2.27. The van der Waals surface area contributed by atoms with Gasteiger partial charge in [0.25, 0.3) is 0 Å². The molecular weight excluding hydrogens is 280 g/mol. The van der Waals surface area contributed by atoms with Gasteiger partial charge in [0.15, 0.2) is 0 Å². The van der Waals surface area contributed by atoms with Crippen molar-refractivity contribution in [2.24, 2.45) is 5.92 Å². The highest BCUT2D eigenvalue weighted by Crippen LogP contribution is 2.21. The molecular formula is C15H22N6O. The minimum Gasteiger partial charge on any atom is -0.478 e. The van der Waals surface area contributed by atoms with Gasteiger partial charge in [-0.25, -0.2) is 4.98 Å². The van der Waals surface area contributed by atoms with E-state index in [4.69, 9.17) is 4.74 Å². The number of aromatic nitrogens is 5. The molecule has 0 fully saturated rings. The number of nitrogens with zero attached hydrogens (tertiary/aromatic N) is 5. The summed E-state index contributed by atoms with van der Waals surface area (Å²) in [5, 5.41) is 11.8. The van der Waals surface area contributed by atoms with Gasteiger partial charge in [0.05, 0.1) is 6.61 Å². The molecule has 0 bridgehead atoms. The number of hydrogen-bond acceptors (Lipinski definition) is 6. The Labute approximate surface area is 130 Å². The van der Waals surface area contributed by atoms with Crippen molar-refractivity contribution in [3.8, 4) is 5.88 Å². The van der Waals surface area contributed by atoms with Crippen molar-refractivity contribution in [2.45, 2.75) is 40.2 Å². The quantitative estimate of drug-likeness (QED) is 0.907. The minimum atomic E-state index is 0.549. The molecule has 7 heteroatoms. The maximum Gasteiger partial charge on any atom is 0.218 e. The zero-order valence-electron chi connectivity index (χ0n) is 13.3. The largest absolute Gasteiger partial charge is 0.478 e. The molecule has 1 unspecified atom stereocenters. The predicted octanol–water partition coefficient (Wildman–Crippen LogP) is 1.76. The van der Waals surface area contributed by atoms with Crippen molar-refractivity contribution in [2.75, 3.05) is 18.5 Å². The molecule has 3 heterocycles. The Morgan fingerprint density at radius 2 is 2.18 bits per heavy atom. The summed E-state index contributed by atoms with van der Waals surface area (Å²) in [6.07, 6.45) is 2.10. The molecule has 3 rings (SSSR count). The molecule has 2 aromatic rings. The Morgan fingerprint density at radius 1 is 1.32 bits per heavy atom. The van der Waals surface area contributed by atoms with Crippen LogP contribution in [-0.2, 0) is 13.0 Å². The van der Waals surface area contributed by atoms with Crippen LogP contribution in [0, 0.1) is 19.8 Å². The summed E-state index contributed by atoms with van der Waals surface area (Å²) in [5.74, 6) is 4.81. The third kappa shape index (κ3) is 3.18. The lowest BCUT2D eigenvalue weighted by atomic mass is 9.99. The van der Waals surface area contributed by atoms with Crippen LogP contribution in [0.4, 0.5) is 5.82 Å². The Bertz CT molecular complexity index is 653. The molecule has 22 heavy (non-hydrogen) atoms. The second-order valence-corrected chi connectivity index (χ2v) is 5.63. The Hall–Kier alpha value is -2.18. The Kier molecular flexibility index (Phi) is 4.22. The fourth-order valence-corrected chi connectivity index (χ4v) is 2.80. The van der Waals surface area contributed by atoms with E-state index in [1.54, 1.807) is 0 Å². The molecule has 0 radical (unpaired) electrons. The maximum absolute atomic E-state index is 5.46. The van der Waals surface area contributed by atoms with E-state index in [1.807, 2.05) is 26.8 Å². The van der Waals surface area contributed by atoms with Gasteiger partial charge in [0.1, 0.15) is 23.3 Å². The molecule has 7 nitrogen and oxygen atoms in total. The Balaban J connectivity index is 1.62. The van der Waals surface area contributed by atoms with Crippen LogP contribution in [-0.4, -0.2) is 37.9 Å². The molecule has 0 aliphatic carbocycles. The van der Waals surface area contributed by atoms with Gasteiger partial charge < -0.3 is 14.6 Å². The van der Waals surface area contributed by atoms with E-state index in [1.165, 1.54) is 0 Å². The summed E-state index contributed by atoms with van der Waals surface area (Å²) in [6.45, 7) is 8.28. The molecule has 0 aromatic carbocycles. The lowest BCUT2D eigenvalue weighted by Gasteiger charge is -2.24. The van der Waals surface area contributed by atoms with Crippen LogP contribution in [0.5, 0.6) is 5.88 Å². The second kappa shape index (κ2) is 6.29. The molecule has 1 N–H and O–H groups in total. The smallest absolute Gasteiger partial charge is 0.218 e. The highest BCUT2D eigenvalue weighted by atomic mass is 16.5. The van der Waals surface area contributed by atoms with Crippen LogP contribution in [0.2, 0.25) is 0 Å². The first-order valence-corrected chi connectivity index (χ1v) is 7.76. The van der Waals surface area contributed by atoms with Crippen LogP contribution in [0.15, 0.2) is 6.07 Å². The fraction of sp³-hybridized carbons (Fsp3) is 0.600. The molecule has 0 saturated heterocycles. The van der Waals surface area contributed by atoms with Gasteiger partial charge in [-0.15, -0.1) is 10.2 Å². The van der Waals surface area contributed by atoms with E-state index in [0.29, 0.717) is 24.2 Å². The second-order valence-electron chi connectivity index (χ2n) is 5.63. The van der Waals surface area contributed by atoms with Crippen LogP contribution >= 0.6 is 0 Å². The van der Waals surface area contributed by atoms with Crippen LogP contribution in [0.3, 0.4) is 0 Å². The number of rotatable bonds is 5. The summed E-state index contributed by atoms with van der Waals surface area (Å²) in [6, 6.07) is 1.86. The zero-order chi connectivity index (χ0) is 15.5. The third-order valence-electron chi connectivity index (χ3n) is 3.91. The number of anilines is 1. The first-order valence-electron chi connectivity index (χ1n) is 7.76. The lowest BCUT2D eigenvalue weighted by molar-refractivity contribution is 0.325. The first kappa shape index (κ1) is 14.7. The van der Waals surface area contributed by atoms with Crippen LogP contribution < -0.4 is 10.1 Å². The minimum absolute atomic E-state index is 0.549. The SMILES string of the molecule is CCOc1cc(NCC2CCc3nnc(C)n3C2)nc(C)n1. The van der Waals surface area contributed by atoms with Gasteiger partial charge in [-0.05, 0) is 33.1 Å². The summed E-state index contributed by atoms with van der Waals surface area (Å²) in [4.78, 5) is 8.68. The van der Waals surface area contributed by atoms with Gasteiger partial charge in [0.2, 0.25) is 5.88 Å². The average Bonchev–Trinajstić information content (AvgIpc) is 2.86. The van der Waals surface area contributed by atoms with Gasteiger partial charge in [-0.3, -0.25) is 0 Å². The predicted molar refractivity (Wildman–Crippen MR) is 83.0 cm³/mol. The van der Waals surface area contributed by atoms with Crippen molar-refractivity contribution in [3.63, 3.8) is 0 Å². The highest BCUT2D eigenvalue weighted by Gasteiger charge is 2.21. The maximum atomic E-state index is 5.46. The van der Waals surface area contributed by atoms with Gasteiger partial charge in [0, 0.05) is 25.6 Å². The van der Waals surface area contributed by atoms with E-state index < -0.39 is 0 Å². The molecule has 1 atom stereocenters. The summed E-state index contributed by atoms with van der Waals surface area (Å²) < 4.78 is 7.67. The number of hydrogen-bond donors (Lipinski definition) is 1. The summed E-state index contributed by atoms with van der Waals surface area (Å²) in [5.41, 5.74) is 0.